The molecule has 0 aliphatic heterocycles. The molecule has 1 aliphatic carbocycles. The maximum Gasteiger partial charge on any atom is 0.315 e. The molecule has 7 nitrogen and oxygen atoms in total. The summed E-state index contributed by atoms with van der Waals surface area (Å²) in [5, 5.41) is 9.60. The summed E-state index contributed by atoms with van der Waals surface area (Å²) >= 11 is 0. The predicted molar refractivity (Wildman–Crippen MR) is 71.5 cm³/mol. The fourth-order valence-electron chi connectivity index (χ4n) is 1.93. The van der Waals surface area contributed by atoms with Crippen LogP contribution in [0.25, 0.3) is 0 Å². The van der Waals surface area contributed by atoms with Crippen LogP contribution in [0.5, 0.6) is 0 Å². The number of nitrogens with one attached hydrogen (secondary N) is 2. The zero-order valence-corrected chi connectivity index (χ0v) is 11.8. The topological polar surface area (TPSA) is 75.1 Å². The second-order valence-corrected chi connectivity index (χ2v) is 5.11. The van der Waals surface area contributed by atoms with Gasteiger partial charge in [0.2, 0.25) is 0 Å². The number of likely N-dealkylation sites (N-methyl/N-ethyl adjacent to an activating group) is 1. The van der Waals surface area contributed by atoms with E-state index in [0.717, 1.165) is 5.82 Å². The van der Waals surface area contributed by atoms with Crippen LogP contribution in [0.2, 0.25) is 0 Å². The lowest BCUT2D eigenvalue weighted by molar-refractivity contribution is 0.222. The Labute approximate surface area is 113 Å². The quantitative estimate of drug-likeness (QED) is 0.765. The van der Waals surface area contributed by atoms with E-state index in [2.05, 4.69) is 39.6 Å². The molecule has 0 bridgehead atoms. The molecular weight excluding hydrogens is 244 g/mol. The highest BCUT2D eigenvalue weighted by molar-refractivity contribution is 5.73. The molecule has 7 heteroatoms. The molecule has 0 aromatic carbocycles. The van der Waals surface area contributed by atoms with Crippen LogP contribution in [-0.4, -0.2) is 51.4 Å². The zero-order valence-electron chi connectivity index (χ0n) is 11.8. The average Bonchev–Trinajstić information content (AvgIpc) is 3.16. The van der Waals surface area contributed by atoms with Gasteiger partial charge in [0.1, 0.15) is 12.2 Å². The second-order valence-electron chi connectivity index (χ2n) is 5.11. The van der Waals surface area contributed by atoms with E-state index in [-0.39, 0.29) is 6.03 Å². The van der Waals surface area contributed by atoms with Crippen molar-refractivity contribution in [2.75, 3.05) is 13.6 Å². The highest BCUT2D eigenvalue weighted by atomic mass is 16.2. The summed E-state index contributed by atoms with van der Waals surface area (Å²) < 4.78 is 1.64. The van der Waals surface area contributed by atoms with Gasteiger partial charge in [0.15, 0.2) is 0 Å². The first-order valence-electron chi connectivity index (χ1n) is 6.64. The van der Waals surface area contributed by atoms with Gasteiger partial charge in [-0.2, -0.15) is 5.10 Å². The van der Waals surface area contributed by atoms with E-state index in [0.29, 0.717) is 25.2 Å². The summed E-state index contributed by atoms with van der Waals surface area (Å²) in [4.78, 5) is 18.0. The molecule has 1 aromatic rings. The van der Waals surface area contributed by atoms with Gasteiger partial charge in [-0.15, -0.1) is 0 Å². The molecule has 0 spiro atoms. The summed E-state index contributed by atoms with van der Waals surface area (Å²) in [7, 11) is 3.91. The number of urea groups is 1. The molecule has 2 N–H and O–H groups in total. The monoisotopic (exact) mass is 266 g/mol. The molecule has 2 rings (SSSR count). The van der Waals surface area contributed by atoms with Gasteiger partial charge in [-0.25, -0.2) is 9.78 Å². The van der Waals surface area contributed by atoms with E-state index in [1.807, 2.05) is 0 Å². The number of aromatic nitrogens is 3. The van der Waals surface area contributed by atoms with E-state index in [4.69, 9.17) is 0 Å². The lowest BCUT2D eigenvalue weighted by Gasteiger charge is -2.24. The fraction of sp³-hybridized carbons (Fsp3) is 0.750. The van der Waals surface area contributed by atoms with Crippen molar-refractivity contribution in [1.29, 1.82) is 0 Å². The van der Waals surface area contributed by atoms with Crippen LogP contribution in [0.3, 0.4) is 0 Å². The highest BCUT2D eigenvalue weighted by Crippen LogP contribution is 2.26. The van der Waals surface area contributed by atoms with Gasteiger partial charge in [0.05, 0.1) is 6.54 Å². The number of nitrogens with zero attached hydrogens (tertiary/aromatic N) is 4. The summed E-state index contributed by atoms with van der Waals surface area (Å²) in [6, 6.07) is 0.894. The Bertz CT molecular complexity index is 428. The van der Waals surface area contributed by atoms with Crippen molar-refractivity contribution in [3.8, 4) is 0 Å². The molecule has 1 heterocycles. The van der Waals surface area contributed by atoms with Crippen molar-refractivity contribution in [1.82, 2.24) is 30.3 Å². The van der Waals surface area contributed by atoms with Gasteiger partial charge in [-0.05, 0) is 26.8 Å². The SMILES string of the molecule is CC(CNC(=O)NCc1ncnn1C)N(C)C1CC1. The third kappa shape index (κ3) is 3.92. The van der Waals surface area contributed by atoms with Gasteiger partial charge in [-0.3, -0.25) is 9.58 Å². The maximum atomic E-state index is 11.7. The zero-order chi connectivity index (χ0) is 13.8. The molecule has 0 radical (unpaired) electrons. The molecule has 1 unspecified atom stereocenters. The Balaban J connectivity index is 1.65. The summed E-state index contributed by atoms with van der Waals surface area (Å²) in [6.07, 6.45) is 4.03. The van der Waals surface area contributed by atoms with E-state index in [1.54, 1.807) is 11.7 Å². The van der Waals surface area contributed by atoms with Crippen LogP contribution >= 0.6 is 0 Å². The highest BCUT2D eigenvalue weighted by Gasteiger charge is 2.29. The minimum absolute atomic E-state index is 0.168. The molecule has 1 fully saturated rings. The number of hydrogen-bond donors (Lipinski definition) is 2. The van der Waals surface area contributed by atoms with Crippen molar-refractivity contribution in [3.63, 3.8) is 0 Å². The normalized spacial score (nSPS) is 16.4. The molecule has 106 valence electrons. The Kier molecular flexibility index (Phi) is 4.36. The van der Waals surface area contributed by atoms with Gasteiger partial charge < -0.3 is 10.6 Å². The minimum Gasteiger partial charge on any atom is -0.337 e. The number of carbonyl (C=O) groups is 1. The van der Waals surface area contributed by atoms with Crippen LogP contribution < -0.4 is 10.6 Å². The van der Waals surface area contributed by atoms with Crippen LogP contribution in [0.15, 0.2) is 6.33 Å². The van der Waals surface area contributed by atoms with Crippen LogP contribution in [0.4, 0.5) is 4.79 Å². The first-order chi connectivity index (χ1) is 9.08. The Morgan fingerprint density at radius 1 is 1.58 bits per heavy atom. The standard InChI is InChI=1S/C12H22N6O/c1-9(17(2)10-4-5-10)6-13-12(19)14-7-11-15-8-16-18(11)3/h8-10H,4-7H2,1-3H3,(H2,13,14,19). The minimum atomic E-state index is -0.168. The van der Waals surface area contributed by atoms with E-state index >= 15 is 0 Å². The van der Waals surface area contributed by atoms with E-state index < -0.39 is 0 Å². The number of aryl methyl sites for hydroxylation is 1. The largest absolute Gasteiger partial charge is 0.337 e. The summed E-state index contributed by atoms with van der Waals surface area (Å²) in [5.41, 5.74) is 0. The van der Waals surface area contributed by atoms with Crippen LogP contribution in [0.1, 0.15) is 25.6 Å². The molecule has 0 saturated heterocycles. The molecule has 1 saturated carbocycles. The number of hydrogen-bond acceptors (Lipinski definition) is 4. The first-order valence-corrected chi connectivity index (χ1v) is 6.64. The summed E-state index contributed by atoms with van der Waals surface area (Å²) in [5.74, 6) is 0.735. The lowest BCUT2D eigenvalue weighted by Crippen LogP contribution is -2.44. The van der Waals surface area contributed by atoms with Crippen molar-refractivity contribution < 1.29 is 4.79 Å². The lowest BCUT2D eigenvalue weighted by atomic mass is 10.3. The second kappa shape index (κ2) is 6.01. The van der Waals surface area contributed by atoms with Crippen molar-refractivity contribution in [3.05, 3.63) is 12.2 Å². The Hall–Kier alpha value is -1.63. The third-order valence-electron chi connectivity index (χ3n) is 3.59. The van der Waals surface area contributed by atoms with E-state index in [1.165, 1.54) is 19.2 Å². The molecule has 2 amide bonds. The number of rotatable bonds is 6. The van der Waals surface area contributed by atoms with Gasteiger partial charge in [0, 0.05) is 25.7 Å². The third-order valence-corrected chi connectivity index (χ3v) is 3.59. The van der Waals surface area contributed by atoms with Gasteiger partial charge >= 0.3 is 6.03 Å². The smallest absolute Gasteiger partial charge is 0.315 e. The Morgan fingerprint density at radius 3 is 2.89 bits per heavy atom. The molecule has 19 heavy (non-hydrogen) atoms. The number of carbonyl (C=O) groups excluding carboxylic acids is 1. The summed E-state index contributed by atoms with van der Waals surface area (Å²) in [6.45, 7) is 3.16. The fourth-order valence-corrected chi connectivity index (χ4v) is 1.93. The molecule has 1 aromatic heterocycles. The predicted octanol–water partition coefficient (Wildman–Crippen LogP) is 0.0970. The first kappa shape index (κ1) is 13.8. The van der Waals surface area contributed by atoms with Gasteiger partial charge in [-0.1, -0.05) is 0 Å². The van der Waals surface area contributed by atoms with Crippen LogP contribution in [-0.2, 0) is 13.6 Å². The van der Waals surface area contributed by atoms with Gasteiger partial charge in [0.25, 0.3) is 0 Å². The van der Waals surface area contributed by atoms with Crippen molar-refractivity contribution in [2.45, 2.75) is 38.4 Å². The Morgan fingerprint density at radius 2 is 2.32 bits per heavy atom. The van der Waals surface area contributed by atoms with E-state index in [9.17, 15) is 4.79 Å². The van der Waals surface area contributed by atoms with Crippen molar-refractivity contribution in [2.24, 2.45) is 7.05 Å². The maximum absolute atomic E-state index is 11.7. The molecular formula is C12H22N6O. The average molecular weight is 266 g/mol. The molecule has 1 aliphatic rings. The molecule has 1 atom stereocenters. The number of amides is 2. The van der Waals surface area contributed by atoms with Crippen molar-refractivity contribution >= 4 is 6.03 Å². The van der Waals surface area contributed by atoms with Crippen LogP contribution in [0, 0.1) is 0 Å².